The van der Waals surface area contributed by atoms with Crippen molar-refractivity contribution < 1.29 is 43.0 Å². The number of ether oxygens (including phenoxy) is 5. The standard InChI is InChI=1S/C34H30N4O10/c1-44-27-13-5-21(6-14-27)7-16-31(39)48-28-15-12-26(38(42)43)17-24(28)20-35-37-34(41)22-8-10-25(11-9-22)36-33(40)23-18-29(45-2)32(47-4)30(19-23)46-3/h5-20H,1-4H3,(H,36,40)(H,37,41)/b16-7+,35-20+. The SMILES string of the molecule is COc1ccc(/C=C/C(=O)Oc2ccc([N+](=O)[O-])cc2/C=N/NC(=O)c2ccc(NC(=O)c3cc(OC)c(OC)c(OC)c3)cc2)cc1. The maximum atomic E-state index is 12.9. The number of nitrogens with zero attached hydrogens (tertiary/aromatic N) is 2. The first kappa shape index (κ1) is 34.2. The first-order valence-corrected chi connectivity index (χ1v) is 14.0. The summed E-state index contributed by atoms with van der Waals surface area (Å²) in [7, 11) is 5.87. The van der Waals surface area contributed by atoms with Crippen LogP contribution < -0.4 is 34.4 Å². The monoisotopic (exact) mass is 654 g/mol. The second-order valence-electron chi connectivity index (χ2n) is 9.65. The molecule has 4 rings (SSSR count). The van der Waals surface area contributed by atoms with Crippen molar-refractivity contribution in [1.82, 2.24) is 5.43 Å². The number of hydrazone groups is 1. The highest BCUT2D eigenvalue weighted by Gasteiger charge is 2.18. The van der Waals surface area contributed by atoms with Gasteiger partial charge in [-0.15, -0.1) is 0 Å². The summed E-state index contributed by atoms with van der Waals surface area (Å²) < 4.78 is 26.4. The fraction of sp³-hybridized carbons (Fsp3) is 0.118. The zero-order chi connectivity index (χ0) is 34.6. The number of methoxy groups -OCH3 is 4. The maximum Gasteiger partial charge on any atom is 0.336 e. The lowest BCUT2D eigenvalue weighted by Gasteiger charge is -2.14. The van der Waals surface area contributed by atoms with Crippen LogP contribution in [-0.4, -0.2) is 57.4 Å². The molecule has 0 bridgehead atoms. The van der Waals surface area contributed by atoms with Crippen LogP contribution in [0.4, 0.5) is 11.4 Å². The predicted molar refractivity (Wildman–Crippen MR) is 176 cm³/mol. The summed E-state index contributed by atoms with van der Waals surface area (Å²) in [5.74, 6) is -0.202. The van der Waals surface area contributed by atoms with Gasteiger partial charge in [0.1, 0.15) is 11.5 Å². The Hall–Kier alpha value is -6.70. The van der Waals surface area contributed by atoms with Crippen molar-refractivity contribution in [3.05, 3.63) is 117 Å². The molecule has 14 nitrogen and oxygen atoms in total. The quantitative estimate of drug-likeness (QED) is 0.0482. The molecule has 48 heavy (non-hydrogen) atoms. The number of anilines is 1. The van der Waals surface area contributed by atoms with Crippen LogP contribution in [0.1, 0.15) is 31.8 Å². The Morgan fingerprint density at radius 1 is 0.750 bits per heavy atom. The summed E-state index contributed by atoms with van der Waals surface area (Å²) in [6.07, 6.45) is 3.85. The Kier molecular flexibility index (Phi) is 11.4. The number of nitro groups is 1. The number of carbonyl (C=O) groups excluding carboxylic acids is 3. The molecular formula is C34H30N4O10. The average Bonchev–Trinajstić information content (AvgIpc) is 3.10. The number of nitro benzene ring substituents is 1. The summed E-state index contributed by atoms with van der Waals surface area (Å²) in [6, 6.07) is 19.5. The normalized spacial score (nSPS) is 10.8. The zero-order valence-corrected chi connectivity index (χ0v) is 26.2. The largest absolute Gasteiger partial charge is 0.497 e. The molecule has 14 heteroatoms. The minimum atomic E-state index is -0.740. The Labute approximate surface area is 274 Å². The smallest absolute Gasteiger partial charge is 0.336 e. The molecule has 0 aliphatic carbocycles. The fourth-order valence-electron chi connectivity index (χ4n) is 4.21. The molecule has 0 saturated carbocycles. The molecular weight excluding hydrogens is 624 g/mol. The average molecular weight is 655 g/mol. The fourth-order valence-corrected chi connectivity index (χ4v) is 4.21. The van der Waals surface area contributed by atoms with Crippen LogP contribution in [0.5, 0.6) is 28.7 Å². The summed E-state index contributed by atoms with van der Waals surface area (Å²) in [4.78, 5) is 48.8. The van der Waals surface area contributed by atoms with Gasteiger partial charge in [0, 0.05) is 40.6 Å². The number of amides is 2. The molecule has 0 aliphatic heterocycles. The van der Waals surface area contributed by atoms with Gasteiger partial charge in [-0.05, 0) is 66.2 Å². The molecule has 0 heterocycles. The molecule has 2 N–H and O–H groups in total. The number of hydrogen-bond donors (Lipinski definition) is 2. The highest BCUT2D eigenvalue weighted by atomic mass is 16.6. The van der Waals surface area contributed by atoms with Gasteiger partial charge in [-0.2, -0.15) is 5.10 Å². The van der Waals surface area contributed by atoms with E-state index < -0.39 is 22.7 Å². The molecule has 0 saturated heterocycles. The molecule has 4 aromatic carbocycles. The lowest BCUT2D eigenvalue weighted by Crippen LogP contribution is -2.18. The lowest BCUT2D eigenvalue weighted by atomic mass is 10.1. The van der Waals surface area contributed by atoms with E-state index in [2.05, 4.69) is 15.8 Å². The molecule has 0 fully saturated rings. The summed E-state index contributed by atoms with van der Waals surface area (Å²) >= 11 is 0. The minimum absolute atomic E-state index is 0.0184. The summed E-state index contributed by atoms with van der Waals surface area (Å²) in [5, 5.41) is 17.9. The number of benzene rings is 4. The zero-order valence-electron chi connectivity index (χ0n) is 26.2. The third kappa shape index (κ3) is 8.72. The molecule has 0 aromatic heterocycles. The molecule has 0 aliphatic rings. The van der Waals surface area contributed by atoms with Gasteiger partial charge in [0.05, 0.1) is 39.6 Å². The number of nitrogens with one attached hydrogen (secondary N) is 2. The maximum absolute atomic E-state index is 12.9. The van der Waals surface area contributed by atoms with Gasteiger partial charge < -0.3 is 29.0 Å². The van der Waals surface area contributed by atoms with Gasteiger partial charge in [-0.25, -0.2) is 10.2 Å². The van der Waals surface area contributed by atoms with E-state index in [0.29, 0.717) is 28.7 Å². The van der Waals surface area contributed by atoms with Crippen LogP contribution in [0.3, 0.4) is 0 Å². The van der Waals surface area contributed by atoms with E-state index in [1.165, 1.54) is 82.0 Å². The van der Waals surface area contributed by atoms with E-state index in [9.17, 15) is 24.5 Å². The number of rotatable bonds is 13. The Balaban J connectivity index is 1.41. The highest BCUT2D eigenvalue weighted by Crippen LogP contribution is 2.38. The first-order chi connectivity index (χ1) is 23.1. The van der Waals surface area contributed by atoms with Crippen LogP contribution in [0, 0.1) is 10.1 Å². The molecule has 2 amide bonds. The van der Waals surface area contributed by atoms with Crippen LogP contribution >= 0.6 is 0 Å². The van der Waals surface area contributed by atoms with Gasteiger partial charge in [0.15, 0.2) is 11.5 Å². The van der Waals surface area contributed by atoms with Gasteiger partial charge in [0.2, 0.25) is 5.75 Å². The van der Waals surface area contributed by atoms with Crippen molar-refractivity contribution >= 4 is 41.4 Å². The van der Waals surface area contributed by atoms with E-state index in [-0.39, 0.29) is 28.1 Å². The molecule has 4 aromatic rings. The first-order valence-electron chi connectivity index (χ1n) is 14.0. The van der Waals surface area contributed by atoms with Gasteiger partial charge in [0.25, 0.3) is 17.5 Å². The van der Waals surface area contributed by atoms with Crippen LogP contribution in [0.15, 0.2) is 90.0 Å². The molecule has 0 radical (unpaired) electrons. The van der Waals surface area contributed by atoms with Crippen molar-refractivity contribution in [3.63, 3.8) is 0 Å². The lowest BCUT2D eigenvalue weighted by molar-refractivity contribution is -0.384. The predicted octanol–water partition coefficient (Wildman–Crippen LogP) is 5.26. The third-order valence-electron chi connectivity index (χ3n) is 6.64. The highest BCUT2D eigenvalue weighted by molar-refractivity contribution is 6.05. The summed E-state index contributed by atoms with van der Waals surface area (Å²) in [6.45, 7) is 0. The Morgan fingerprint density at radius 3 is 2.00 bits per heavy atom. The molecule has 0 spiro atoms. The molecule has 246 valence electrons. The number of hydrogen-bond acceptors (Lipinski definition) is 11. The number of esters is 1. The van der Waals surface area contributed by atoms with Crippen molar-refractivity contribution in [3.8, 4) is 28.7 Å². The van der Waals surface area contributed by atoms with E-state index in [0.717, 1.165) is 17.8 Å². The van der Waals surface area contributed by atoms with Gasteiger partial charge >= 0.3 is 5.97 Å². The summed E-state index contributed by atoms with van der Waals surface area (Å²) in [5.41, 5.74) is 3.69. The van der Waals surface area contributed by atoms with Crippen molar-refractivity contribution in [2.24, 2.45) is 5.10 Å². The molecule has 0 unspecified atom stereocenters. The number of non-ortho nitro benzene ring substituents is 1. The van der Waals surface area contributed by atoms with Crippen LogP contribution in [-0.2, 0) is 4.79 Å². The van der Waals surface area contributed by atoms with Crippen LogP contribution in [0.2, 0.25) is 0 Å². The van der Waals surface area contributed by atoms with E-state index in [4.69, 9.17) is 23.7 Å². The third-order valence-corrected chi connectivity index (χ3v) is 6.64. The van der Waals surface area contributed by atoms with E-state index in [1.54, 1.807) is 31.4 Å². The topological polar surface area (TPSA) is 177 Å². The minimum Gasteiger partial charge on any atom is -0.497 e. The second kappa shape index (κ2) is 16.0. The van der Waals surface area contributed by atoms with Crippen LogP contribution in [0.25, 0.3) is 6.08 Å². The van der Waals surface area contributed by atoms with E-state index in [1.807, 2.05) is 0 Å². The Bertz CT molecular complexity index is 1850. The van der Waals surface area contributed by atoms with Gasteiger partial charge in [-0.3, -0.25) is 19.7 Å². The Morgan fingerprint density at radius 2 is 1.42 bits per heavy atom. The number of carbonyl (C=O) groups is 3. The van der Waals surface area contributed by atoms with E-state index >= 15 is 0 Å². The van der Waals surface area contributed by atoms with Crippen molar-refractivity contribution in [1.29, 1.82) is 0 Å². The van der Waals surface area contributed by atoms with Crippen molar-refractivity contribution in [2.45, 2.75) is 0 Å². The molecule has 0 atom stereocenters. The second-order valence-corrected chi connectivity index (χ2v) is 9.65. The van der Waals surface area contributed by atoms with Gasteiger partial charge in [-0.1, -0.05) is 12.1 Å². The van der Waals surface area contributed by atoms with Crippen molar-refractivity contribution in [2.75, 3.05) is 33.8 Å².